The Bertz CT molecular complexity index is 946. The molecule has 0 aromatic heterocycles. The monoisotopic (exact) mass is 440 g/mol. The number of methoxy groups -OCH3 is 3. The van der Waals surface area contributed by atoms with Gasteiger partial charge in [-0.2, -0.15) is 0 Å². The normalized spacial score (nSPS) is 17.7. The van der Waals surface area contributed by atoms with Crippen LogP contribution in [0.15, 0.2) is 42.5 Å². The molecule has 1 saturated heterocycles. The van der Waals surface area contributed by atoms with Crippen molar-refractivity contribution >= 4 is 11.8 Å². The van der Waals surface area contributed by atoms with Gasteiger partial charge in [0.25, 0.3) is 5.91 Å². The summed E-state index contributed by atoms with van der Waals surface area (Å²) in [5.74, 6) is 1.21. The first-order chi connectivity index (χ1) is 15.5. The quantitative estimate of drug-likeness (QED) is 0.604. The van der Waals surface area contributed by atoms with E-state index in [1.54, 1.807) is 50.5 Å². The molecule has 2 atom stereocenters. The van der Waals surface area contributed by atoms with Crippen molar-refractivity contribution in [1.82, 2.24) is 10.2 Å². The zero-order valence-corrected chi connectivity index (χ0v) is 19.2. The van der Waals surface area contributed by atoms with Crippen LogP contribution in [-0.2, 0) is 4.79 Å². The molecule has 2 aromatic carbocycles. The first kappa shape index (κ1) is 23.4. The van der Waals surface area contributed by atoms with Crippen LogP contribution < -0.4 is 19.5 Å². The van der Waals surface area contributed by atoms with Crippen molar-refractivity contribution in [3.63, 3.8) is 0 Å². The van der Waals surface area contributed by atoms with Crippen molar-refractivity contribution in [2.45, 2.75) is 25.7 Å². The molecule has 2 aromatic rings. The molecule has 0 spiro atoms. The molecule has 0 radical (unpaired) electrons. The fourth-order valence-electron chi connectivity index (χ4n) is 4.14. The maximum absolute atomic E-state index is 13.3. The molecule has 172 valence electrons. The topological polar surface area (TPSA) is 77.1 Å². The van der Waals surface area contributed by atoms with Gasteiger partial charge in [0.2, 0.25) is 5.91 Å². The molecule has 0 unspecified atom stereocenters. The van der Waals surface area contributed by atoms with Crippen molar-refractivity contribution in [3.05, 3.63) is 53.6 Å². The summed E-state index contributed by atoms with van der Waals surface area (Å²) in [6.07, 6.45) is 1.91. The van der Waals surface area contributed by atoms with Gasteiger partial charge in [0, 0.05) is 36.7 Å². The molecule has 1 aliphatic rings. The maximum atomic E-state index is 13.3. The van der Waals surface area contributed by atoms with Crippen LogP contribution in [0.1, 0.15) is 41.6 Å². The number of ether oxygens (including phenoxy) is 3. The summed E-state index contributed by atoms with van der Waals surface area (Å²) >= 11 is 0. The minimum atomic E-state index is -0.387. The minimum Gasteiger partial charge on any atom is -0.497 e. The molecule has 7 heteroatoms. The summed E-state index contributed by atoms with van der Waals surface area (Å²) in [5.41, 5.74) is 1.40. The highest BCUT2D eigenvalue weighted by atomic mass is 16.5. The van der Waals surface area contributed by atoms with E-state index in [9.17, 15) is 9.59 Å². The lowest BCUT2D eigenvalue weighted by atomic mass is 9.87. The van der Waals surface area contributed by atoms with Gasteiger partial charge in [0.15, 0.2) is 0 Å². The molecule has 1 aliphatic heterocycles. The van der Waals surface area contributed by atoms with Crippen LogP contribution in [0.3, 0.4) is 0 Å². The third kappa shape index (κ3) is 5.15. The molecule has 0 bridgehead atoms. The van der Waals surface area contributed by atoms with E-state index in [0.717, 1.165) is 18.4 Å². The van der Waals surface area contributed by atoms with Crippen LogP contribution in [0, 0.1) is 5.92 Å². The third-order valence-electron chi connectivity index (χ3n) is 5.93. The lowest BCUT2D eigenvalue weighted by molar-refractivity contribution is -0.124. The molecule has 2 amide bonds. The molecule has 1 N–H and O–H groups in total. The van der Waals surface area contributed by atoms with Gasteiger partial charge in [-0.15, -0.1) is 0 Å². The highest BCUT2D eigenvalue weighted by molar-refractivity contribution is 5.95. The van der Waals surface area contributed by atoms with E-state index in [1.165, 1.54) is 0 Å². The number of likely N-dealkylation sites (tertiary alicyclic amines) is 1. The molecule has 0 saturated carbocycles. The summed E-state index contributed by atoms with van der Waals surface area (Å²) in [6, 6.07) is 12.6. The number of hydrogen-bond acceptors (Lipinski definition) is 5. The largest absolute Gasteiger partial charge is 0.497 e. The molecule has 1 fully saturated rings. The fraction of sp³-hybridized carbons (Fsp3) is 0.440. The predicted octanol–water partition coefficient (Wildman–Crippen LogP) is 3.48. The van der Waals surface area contributed by atoms with Crippen LogP contribution >= 0.6 is 0 Å². The smallest absolute Gasteiger partial charge is 0.254 e. The standard InChI is InChI=1S/C25H32N2O5/c1-5-6-12-26-24(28)22-16-27(25(29)17-8-7-9-18(13-17)30-2)15-21(22)20-14-19(31-3)10-11-23(20)32-4/h7-11,13-14,21-22H,5-6,12,15-16H2,1-4H3,(H,26,28)/t21-,22-/m0/s1. The molecular weight excluding hydrogens is 408 g/mol. The van der Waals surface area contributed by atoms with Crippen molar-refractivity contribution in [1.29, 1.82) is 0 Å². The summed E-state index contributed by atoms with van der Waals surface area (Å²) in [4.78, 5) is 28.1. The first-order valence-electron chi connectivity index (χ1n) is 10.9. The van der Waals surface area contributed by atoms with Crippen LogP contribution in [0.25, 0.3) is 0 Å². The number of amides is 2. The Hall–Kier alpha value is -3.22. The Morgan fingerprint density at radius 2 is 1.75 bits per heavy atom. The SMILES string of the molecule is CCCCNC(=O)[C@H]1CN(C(=O)c2cccc(OC)c2)C[C@H]1c1cc(OC)ccc1OC. The number of carbonyl (C=O) groups is 2. The summed E-state index contributed by atoms with van der Waals surface area (Å²) in [5, 5.41) is 3.04. The van der Waals surface area contributed by atoms with Gasteiger partial charge in [0.05, 0.1) is 27.2 Å². The number of unbranched alkanes of at least 4 members (excludes halogenated alkanes) is 1. The zero-order chi connectivity index (χ0) is 23.1. The highest BCUT2D eigenvalue weighted by Crippen LogP contribution is 2.40. The Kier molecular flexibility index (Phi) is 7.98. The van der Waals surface area contributed by atoms with Crippen molar-refractivity contribution in [3.8, 4) is 17.2 Å². The predicted molar refractivity (Wildman–Crippen MR) is 123 cm³/mol. The third-order valence-corrected chi connectivity index (χ3v) is 5.93. The fourth-order valence-corrected chi connectivity index (χ4v) is 4.14. The van der Waals surface area contributed by atoms with E-state index in [-0.39, 0.29) is 23.7 Å². The summed E-state index contributed by atoms with van der Waals surface area (Å²) < 4.78 is 16.3. The van der Waals surface area contributed by atoms with Gasteiger partial charge >= 0.3 is 0 Å². The molecule has 3 rings (SSSR count). The van der Waals surface area contributed by atoms with Gasteiger partial charge in [0.1, 0.15) is 17.2 Å². The maximum Gasteiger partial charge on any atom is 0.254 e. The molecule has 1 heterocycles. The molecule has 32 heavy (non-hydrogen) atoms. The molecule has 7 nitrogen and oxygen atoms in total. The Morgan fingerprint density at radius 1 is 1.00 bits per heavy atom. The van der Waals surface area contributed by atoms with Crippen molar-refractivity contribution < 1.29 is 23.8 Å². The number of benzene rings is 2. The van der Waals surface area contributed by atoms with Gasteiger partial charge < -0.3 is 24.4 Å². The molecule has 0 aliphatic carbocycles. The minimum absolute atomic E-state index is 0.0470. The van der Waals surface area contributed by atoms with Gasteiger partial charge in [-0.1, -0.05) is 19.4 Å². The average Bonchev–Trinajstić information content (AvgIpc) is 3.28. The second-order valence-corrected chi connectivity index (χ2v) is 7.91. The van der Waals surface area contributed by atoms with Crippen molar-refractivity contribution in [2.75, 3.05) is 41.0 Å². The van der Waals surface area contributed by atoms with E-state index >= 15 is 0 Å². The van der Waals surface area contributed by atoms with E-state index in [0.29, 0.717) is 42.4 Å². The lowest BCUT2D eigenvalue weighted by Crippen LogP contribution is -2.36. The highest BCUT2D eigenvalue weighted by Gasteiger charge is 2.41. The Balaban J connectivity index is 1.92. The molecular formula is C25H32N2O5. The number of hydrogen-bond donors (Lipinski definition) is 1. The summed E-state index contributed by atoms with van der Waals surface area (Å²) in [6.45, 7) is 3.45. The summed E-state index contributed by atoms with van der Waals surface area (Å²) in [7, 11) is 4.78. The van der Waals surface area contributed by atoms with Crippen LogP contribution in [0.2, 0.25) is 0 Å². The average molecular weight is 441 g/mol. The number of nitrogens with one attached hydrogen (secondary N) is 1. The van der Waals surface area contributed by atoms with E-state index in [4.69, 9.17) is 14.2 Å². The van der Waals surface area contributed by atoms with E-state index in [2.05, 4.69) is 12.2 Å². The van der Waals surface area contributed by atoms with Gasteiger partial charge in [-0.25, -0.2) is 0 Å². The van der Waals surface area contributed by atoms with E-state index in [1.807, 2.05) is 18.2 Å². The van der Waals surface area contributed by atoms with Gasteiger partial charge in [-0.05, 0) is 42.8 Å². The van der Waals surface area contributed by atoms with Crippen molar-refractivity contribution in [2.24, 2.45) is 5.92 Å². The number of rotatable bonds is 9. The van der Waals surface area contributed by atoms with Gasteiger partial charge in [-0.3, -0.25) is 9.59 Å². The Morgan fingerprint density at radius 3 is 2.44 bits per heavy atom. The van der Waals surface area contributed by atoms with E-state index < -0.39 is 0 Å². The Labute approximate surface area is 189 Å². The first-order valence-corrected chi connectivity index (χ1v) is 10.9. The second kappa shape index (κ2) is 10.9. The zero-order valence-electron chi connectivity index (χ0n) is 19.2. The van der Waals surface area contributed by atoms with Crippen LogP contribution in [0.4, 0.5) is 0 Å². The number of nitrogens with zero attached hydrogens (tertiary/aromatic N) is 1. The van der Waals surface area contributed by atoms with Crippen LogP contribution in [0.5, 0.6) is 17.2 Å². The second-order valence-electron chi connectivity index (χ2n) is 7.91. The lowest BCUT2D eigenvalue weighted by Gasteiger charge is -2.21. The van der Waals surface area contributed by atoms with Crippen LogP contribution in [-0.4, -0.2) is 57.7 Å². The number of carbonyl (C=O) groups excluding carboxylic acids is 2.